The van der Waals surface area contributed by atoms with E-state index in [9.17, 15) is 0 Å². The van der Waals surface area contributed by atoms with Crippen LogP contribution in [0.15, 0.2) is 0 Å². The molecule has 46 valence electrons. The molecule has 0 amide bonds. The molecule has 1 aliphatic heterocycles. The summed E-state index contributed by atoms with van der Waals surface area (Å²) in [6.45, 7) is 4.57. The van der Waals surface area contributed by atoms with Crippen LogP contribution in [-0.2, 0) is 0 Å². The first-order chi connectivity index (χ1) is 3.93. The Kier molecular flexibility index (Phi) is 2.47. The first kappa shape index (κ1) is 6.21. The predicted octanol–water partition coefficient (Wildman–Crippen LogP) is 0.185. The minimum Gasteiger partial charge on any atom is -0.314 e. The molecule has 0 unspecified atom stereocenters. The zero-order valence-electron chi connectivity index (χ0n) is 4.93. The third kappa shape index (κ3) is 1.55. The lowest BCUT2D eigenvalue weighted by Crippen LogP contribution is -2.38. The Hall–Kier alpha value is 0.0900. The number of nitrogens with one attached hydrogen (secondary N) is 1. The highest BCUT2D eigenvalue weighted by molar-refractivity contribution is 7.33. The average molecular weight is 130 g/mol. The van der Waals surface area contributed by atoms with E-state index in [4.69, 9.17) is 0 Å². The molecule has 0 saturated carbocycles. The SMILES string of the molecule is C=PN1CCNCC1. The molecule has 1 N–H and O–H groups in total. The molecule has 0 aromatic heterocycles. The van der Waals surface area contributed by atoms with Crippen molar-refractivity contribution in [2.24, 2.45) is 0 Å². The summed E-state index contributed by atoms with van der Waals surface area (Å²) in [6.07, 6.45) is 3.78. The fourth-order valence-electron chi connectivity index (χ4n) is 0.794. The van der Waals surface area contributed by atoms with Crippen molar-refractivity contribution in [2.75, 3.05) is 26.2 Å². The maximum Gasteiger partial charge on any atom is 0.0192 e. The van der Waals surface area contributed by atoms with Crippen LogP contribution in [0, 0.1) is 0 Å². The molecule has 1 saturated heterocycles. The number of hydrogen-bond acceptors (Lipinski definition) is 2. The third-order valence-electron chi connectivity index (χ3n) is 1.29. The van der Waals surface area contributed by atoms with E-state index in [2.05, 4.69) is 16.3 Å². The fraction of sp³-hybridized carbons (Fsp3) is 0.800. The van der Waals surface area contributed by atoms with Crippen LogP contribution in [0.4, 0.5) is 0 Å². The van der Waals surface area contributed by atoms with Crippen LogP contribution >= 0.6 is 8.35 Å². The van der Waals surface area contributed by atoms with Crippen molar-refractivity contribution >= 4 is 14.7 Å². The summed E-state index contributed by atoms with van der Waals surface area (Å²) in [5.41, 5.74) is 0. The molecule has 0 aromatic carbocycles. The van der Waals surface area contributed by atoms with Crippen molar-refractivity contribution in [1.29, 1.82) is 0 Å². The highest BCUT2D eigenvalue weighted by Gasteiger charge is 2.03. The van der Waals surface area contributed by atoms with E-state index in [-0.39, 0.29) is 0 Å². The van der Waals surface area contributed by atoms with E-state index in [1.165, 1.54) is 8.35 Å². The second kappa shape index (κ2) is 3.18. The van der Waals surface area contributed by atoms with Gasteiger partial charge in [-0.05, 0) is 8.35 Å². The molecule has 0 aromatic rings. The smallest absolute Gasteiger partial charge is 0.0192 e. The van der Waals surface area contributed by atoms with E-state index < -0.39 is 0 Å². The lowest BCUT2D eigenvalue weighted by molar-refractivity contribution is 0.394. The van der Waals surface area contributed by atoms with Crippen LogP contribution in [-0.4, -0.2) is 37.1 Å². The van der Waals surface area contributed by atoms with Crippen molar-refractivity contribution in [3.05, 3.63) is 0 Å². The van der Waals surface area contributed by atoms with Crippen LogP contribution < -0.4 is 5.32 Å². The molecule has 8 heavy (non-hydrogen) atoms. The van der Waals surface area contributed by atoms with Crippen molar-refractivity contribution in [2.45, 2.75) is 0 Å². The van der Waals surface area contributed by atoms with Crippen molar-refractivity contribution in [3.63, 3.8) is 0 Å². The minimum absolute atomic E-state index is 1.13. The van der Waals surface area contributed by atoms with Gasteiger partial charge >= 0.3 is 0 Å². The number of nitrogens with zero attached hydrogens (tertiary/aromatic N) is 1. The van der Waals surface area contributed by atoms with Crippen LogP contribution in [0.5, 0.6) is 0 Å². The summed E-state index contributed by atoms with van der Waals surface area (Å²) >= 11 is 0. The molecule has 0 radical (unpaired) electrons. The van der Waals surface area contributed by atoms with Crippen molar-refractivity contribution < 1.29 is 0 Å². The maximum atomic E-state index is 3.78. The van der Waals surface area contributed by atoms with Gasteiger partial charge in [0.25, 0.3) is 0 Å². The van der Waals surface area contributed by atoms with Crippen molar-refractivity contribution in [1.82, 2.24) is 9.99 Å². The predicted molar refractivity (Wildman–Crippen MR) is 38.5 cm³/mol. The first-order valence-electron chi connectivity index (χ1n) is 2.86. The lowest BCUT2D eigenvalue weighted by atomic mass is 10.4. The van der Waals surface area contributed by atoms with Gasteiger partial charge in [0, 0.05) is 26.2 Å². The molecule has 0 bridgehead atoms. The topological polar surface area (TPSA) is 15.3 Å². The van der Waals surface area contributed by atoms with Crippen molar-refractivity contribution in [3.8, 4) is 0 Å². The molecular weight excluding hydrogens is 119 g/mol. The van der Waals surface area contributed by atoms with Gasteiger partial charge in [-0.1, -0.05) is 6.30 Å². The van der Waals surface area contributed by atoms with Gasteiger partial charge in [-0.15, -0.1) is 0 Å². The molecule has 1 fully saturated rings. The Morgan fingerprint density at radius 1 is 1.38 bits per heavy atom. The van der Waals surface area contributed by atoms with Gasteiger partial charge in [0.1, 0.15) is 0 Å². The summed E-state index contributed by atoms with van der Waals surface area (Å²) in [5, 5.41) is 3.28. The average Bonchev–Trinajstić information content (AvgIpc) is 1.90. The maximum absolute atomic E-state index is 3.78. The number of rotatable bonds is 1. The number of piperazine rings is 1. The van der Waals surface area contributed by atoms with Crippen LogP contribution in [0.2, 0.25) is 0 Å². The second-order valence-corrected chi connectivity index (χ2v) is 2.69. The monoisotopic (exact) mass is 130 g/mol. The standard InChI is InChI=1S/C5H11N2P/c1-8-7-4-2-6-3-5-7/h6H,1-5H2. The zero-order chi connectivity index (χ0) is 5.82. The van der Waals surface area contributed by atoms with E-state index in [0.717, 1.165) is 26.2 Å². The van der Waals surface area contributed by atoms with Gasteiger partial charge in [0.05, 0.1) is 0 Å². The van der Waals surface area contributed by atoms with Crippen LogP contribution in [0.25, 0.3) is 0 Å². The summed E-state index contributed by atoms with van der Waals surface area (Å²) in [6, 6.07) is 0. The molecule has 1 rings (SSSR count). The summed E-state index contributed by atoms with van der Waals surface area (Å²) in [5.74, 6) is 0. The molecule has 3 heteroatoms. The van der Waals surface area contributed by atoms with E-state index in [0.29, 0.717) is 0 Å². The van der Waals surface area contributed by atoms with Gasteiger partial charge < -0.3 is 5.32 Å². The van der Waals surface area contributed by atoms with Crippen LogP contribution in [0.1, 0.15) is 0 Å². The molecule has 0 spiro atoms. The zero-order valence-corrected chi connectivity index (χ0v) is 5.82. The Labute approximate surface area is 51.7 Å². The second-order valence-electron chi connectivity index (χ2n) is 1.85. The van der Waals surface area contributed by atoms with Gasteiger partial charge in [-0.25, -0.2) is 0 Å². The molecule has 0 aliphatic carbocycles. The highest BCUT2D eigenvalue weighted by atomic mass is 31.1. The third-order valence-corrected chi connectivity index (χ3v) is 2.09. The molecule has 2 nitrogen and oxygen atoms in total. The molecule has 1 aliphatic rings. The van der Waals surface area contributed by atoms with E-state index in [1.807, 2.05) is 0 Å². The van der Waals surface area contributed by atoms with Gasteiger partial charge in [0.2, 0.25) is 0 Å². The quantitative estimate of drug-likeness (QED) is 0.509. The lowest BCUT2D eigenvalue weighted by Gasteiger charge is -2.21. The largest absolute Gasteiger partial charge is 0.314 e. The summed E-state index contributed by atoms with van der Waals surface area (Å²) in [7, 11) is 1.17. The molecule has 0 atom stereocenters. The fourth-order valence-corrected chi connectivity index (χ4v) is 1.28. The summed E-state index contributed by atoms with van der Waals surface area (Å²) in [4.78, 5) is 0. The normalized spacial score (nSPS) is 24.0. The number of hydrogen-bond donors (Lipinski definition) is 1. The molecular formula is C5H11N2P. The van der Waals surface area contributed by atoms with Crippen LogP contribution in [0.3, 0.4) is 0 Å². The van der Waals surface area contributed by atoms with E-state index >= 15 is 0 Å². The van der Waals surface area contributed by atoms with Gasteiger partial charge in [0.15, 0.2) is 0 Å². The highest BCUT2D eigenvalue weighted by Crippen LogP contribution is 2.03. The molecule has 1 heterocycles. The Balaban J connectivity index is 2.22. The Morgan fingerprint density at radius 3 is 2.38 bits per heavy atom. The summed E-state index contributed by atoms with van der Waals surface area (Å²) < 4.78 is 2.32. The van der Waals surface area contributed by atoms with Gasteiger partial charge in [-0.2, -0.15) is 0 Å². The first-order valence-corrected chi connectivity index (χ1v) is 3.89. The minimum atomic E-state index is 1.13. The van der Waals surface area contributed by atoms with Gasteiger partial charge in [-0.3, -0.25) is 4.67 Å². The van der Waals surface area contributed by atoms with E-state index in [1.54, 1.807) is 0 Å². The Morgan fingerprint density at radius 2 is 2.00 bits per heavy atom. The Bertz CT molecular complexity index is 78.5.